The molecule has 1 saturated heterocycles. The van der Waals surface area contributed by atoms with E-state index in [2.05, 4.69) is 15.3 Å². The summed E-state index contributed by atoms with van der Waals surface area (Å²) in [5, 5.41) is 3.10. The number of hydrogen-bond donors (Lipinski definition) is 1. The average molecular weight is 318 g/mol. The van der Waals surface area contributed by atoms with Gasteiger partial charge in [-0.3, -0.25) is 9.88 Å². The number of pyridine rings is 1. The number of methoxy groups -OCH3 is 1. The minimum Gasteiger partial charge on any atom is -0.381 e. The van der Waals surface area contributed by atoms with Gasteiger partial charge in [-0.25, -0.2) is 4.98 Å². The molecule has 5 nitrogen and oxygen atoms in total. The molecule has 0 aliphatic carbocycles. The maximum Gasteiger partial charge on any atom is 0.142 e. The highest BCUT2D eigenvalue weighted by atomic mass is 32.1. The van der Waals surface area contributed by atoms with Crippen LogP contribution in [0.15, 0.2) is 29.8 Å². The van der Waals surface area contributed by atoms with Crippen LogP contribution in [0.5, 0.6) is 0 Å². The smallest absolute Gasteiger partial charge is 0.142 e. The standard InChI is InChI=1S/C16H22N4OS/c1-21-14-5-7-20(13(8-14)9-17)10-12-11-22-16(19-12)15-4-2-3-6-18-15/h2-4,6,11,13-14H,5,7-10,17H2,1H3. The van der Waals surface area contributed by atoms with Gasteiger partial charge in [-0.15, -0.1) is 11.3 Å². The van der Waals surface area contributed by atoms with Gasteiger partial charge in [0, 0.05) is 44.4 Å². The molecule has 3 rings (SSSR count). The van der Waals surface area contributed by atoms with Crippen LogP contribution in [0.3, 0.4) is 0 Å². The molecule has 118 valence electrons. The zero-order chi connectivity index (χ0) is 15.4. The first-order valence-corrected chi connectivity index (χ1v) is 8.51. The van der Waals surface area contributed by atoms with Crippen LogP contribution >= 0.6 is 11.3 Å². The number of nitrogens with zero attached hydrogens (tertiary/aromatic N) is 3. The predicted octanol–water partition coefficient (Wildman–Crippen LogP) is 2.14. The summed E-state index contributed by atoms with van der Waals surface area (Å²) in [5.41, 5.74) is 7.97. The predicted molar refractivity (Wildman–Crippen MR) is 88.6 cm³/mol. The topological polar surface area (TPSA) is 64.3 Å². The van der Waals surface area contributed by atoms with Crippen LogP contribution in [-0.4, -0.2) is 47.2 Å². The highest BCUT2D eigenvalue weighted by Crippen LogP contribution is 2.25. The Morgan fingerprint density at radius 3 is 3.09 bits per heavy atom. The first kappa shape index (κ1) is 15.6. The van der Waals surface area contributed by atoms with Gasteiger partial charge in [0.05, 0.1) is 17.5 Å². The van der Waals surface area contributed by atoms with Crippen LogP contribution < -0.4 is 5.73 Å². The third-order valence-corrected chi connectivity index (χ3v) is 5.11. The van der Waals surface area contributed by atoms with Crippen LogP contribution in [-0.2, 0) is 11.3 Å². The van der Waals surface area contributed by atoms with Crippen LogP contribution in [0.4, 0.5) is 0 Å². The molecule has 0 saturated carbocycles. The lowest BCUT2D eigenvalue weighted by Gasteiger charge is -2.38. The van der Waals surface area contributed by atoms with E-state index in [0.29, 0.717) is 18.7 Å². The molecule has 2 N–H and O–H groups in total. The summed E-state index contributed by atoms with van der Waals surface area (Å²) >= 11 is 1.65. The van der Waals surface area contributed by atoms with Crippen molar-refractivity contribution in [2.45, 2.75) is 31.5 Å². The average Bonchev–Trinajstić information content (AvgIpc) is 3.04. The molecular formula is C16H22N4OS. The fourth-order valence-electron chi connectivity index (χ4n) is 2.92. The highest BCUT2D eigenvalue weighted by molar-refractivity contribution is 7.13. The third-order valence-electron chi connectivity index (χ3n) is 4.20. The second kappa shape index (κ2) is 7.28. The van der Waals surface area contributed by atoms with E-state index >= 15 is 0 Å². The molecule has 0 bridgehead atoms. The van der Waals surface area contributed by atoms with Crippen molar-refractivity contribution in [2.75, 3.05) is 20.2 Å². The largest absolute Gasteiger partial charge is 0.381 e. The Balaban J connectivity index is 1.67. The van der Waals surface area contributed by atoms with E-state index in [1.165, 1.54) is 0 Å². The fourth-order valence-corrected chi connectivity index (χ4v) is 3.71. The van der Waals surface area contributed by atoms with E-state index in [4.69, 9.17) is 15.5 Å². The van der Waals surface area contributed by atoms with Gasteiger partial charge in [0.2, 0.25) is 0 Å². The summed E-state index contributed by atoms with van der Waals surface area (Å²) in [4.78, 5) is 11.5. The lowest BCUT2D eigenvalue weighted by molar-refractivity contribution is 0.00985. The highest BCUT2D eigenvalue weighted by Gasteiger charge is 2.27. The number of hydrogen-bond acceptors (Lipinski definition) is 6. The number of aromatic nitrogens is 2. The summed E-state index contributed by atoms with van der Waals surface area (Å²) < 4.78 is 5.48. The van der Waals surface area contributed by atoms with Gasteiger partial charge >= 0.3 is 0 Å². The molecule has 0 amide bonds. The Bertz CT molecular complexity index is 589. The van der Waals surface area contributed by atoms with Crippen molar-refractivity contribution in [1.29, 1.82) is 0 Å². The zero-order valence-electron chi connectivity index (χ0n) is 12.8. The normalized spacial score (nSPS) is 22.8. The molecule has 2 unspecified atom stereocenters. The van der Waals surface area contributed by atoms with E-state index in [1.807, 2.05) is 18.2 Å². The molecule has 3 heterocycles. The van der Waals surface area contributed by atoms with Crippen molar-refractivity contribution in [3.8, 4) is 10.7 Å². The Morgan fingerprint density at radius 1 is 1.45 bits per heavy atom. The molecule has 6 heteroatoms. The minimum absolute atomic E-state index is 0.337. The van der Waals surface area contributed by atoms with E-state index in [-0.39, 0.29) is 0 Å². The number of ether oxygens (including phenoxy) is 1. The number of thiazole rings is 1. The van der Waals surface area contributed by atoms with Gasteiger partial charge in [-0.2, -0.15) is 0 Å². The molecule has 0 radical (unpaired) electrons. The molecule has 2 aromatic heterocycles. The summed E-state index contributed by atoms with van der Waals surface area (Å²) in [6.07, 6.45) is 4.20. The molecule has 1 aliphatic heterocycles. The molecule has 0 aromatic carbocycles. The van der Waals surface area contributed by atoms with E-state index in [1.54, 1.807) is 24.6 Å². The van der Waals surface area contributed by atoms with Crippen molar-refractivity contribution in [2.24, 2.45) is 5.73 Å². The Morgan fingerprint density at radius 2 is 2.36 bits per heavy atom. The molecule has 2 aromatic rings. The fraction of sp³-hybridized carbons (Fsp3) is 0.500. The lowest BCUT2D eigenvalue weighted by Crippen LogP contribution is -2.48. The second-order valence-electron chi connectivity index (χ2n) is 5.60. The summed E-state index contributed by atoms with van der Waals surface area (Å²) in [6.45, 7) is 2.52. The second-order valence-corrected chi connectivity index (χ2v) is 6.46. The van der Waals surface area contributed by atoms with Crippen molar-refractivity contribution < 1.29 is 4.74 Å². The SMILES string of the molecule is COC1CCN(Cc2csc(-c3ccccn3)n2)C(CN)C1. The van der Waals surface area contributed by atoms with Gasteiger partial charge in [-0.1, -0.05) is 6.07 Å². The maximum absolute atomic E-state index is 5.94. The Kier molecular flexibility index (Phi) is 5.15. The van der Waals surface area contributed by atoms with E-state index in [0.717, 1.165) is 42.3 Å². The number of rotatable bonds is 5. The zero-order valence-corrected chi connectivity index (χ0v) is 13.6. The van der Waals surface area contributed by atoms with Gasteiger partial charge < -0.3 is 10.5 Å². The van der Waals surface area contributed by atoms with Crippen molar-refractivity contribution >= 4 is 11.3 Å². The third kappa shape index (κ3) is 3.52. The summed E-state index contributed by atoms with van der Waals surface area (Å²) in [5.74, 6) is 0. The van der Waals surface area contributed by atoms with Crippen molar-refractivity contribution in [3.05, 3.63) is 35.5 Å². The molecular weight excluding hydrogens is 296 g/mol. The molecule has 1 aliphatic rings. The Labute approximate surface area is 135 Å². The van der Waals surface area contributed by atoms with Gasteiger partial charge in [0.1, 0.15) is 5.01 Å². The minimum atomic E-state index is 0.337. The Hall–Kier alpha value is -1.34. The number of piperidine rings is 1. The van der Waals surface area contributed by atoms with Crippen LogP contribution in [0.2, 0.25) is 0 Å². The first-order chi connectivity index (χ1) is 10.8. The van der Waals surface area contributed by atoms with Crippen LogP contribution in [0, 0.1) is 0 Å². The van der Waals surface area contributed by atoms with Gasteiger partial charge in [0.25, 0.3) is 0 Å². The van der Waals surface area contributed by atoms with Crippen molar-refractivity contribution in [3.63, 3.8) is 0 Å². The summed E-state index contributed by atoms with van der Waals surface area (Å²) in [7, 11) is 1.79. The van der Waals surface area contributed by atoms with Crippen LogP contribution in [0.1, 0.15) is 18.5 Å². The molecule has 0 spiro atoms. The van der Waals surface area contributed by atoms with Crippen molar-refractivity contribution in [1.82, 2.24) is 14.9 Å². The van der Waals surface area contributed by atoms with E-state index < -0.39 is 0 Å². The monoisotopic (exact) mass is 318 g/mol. The quantitative estimate of drug-likeness (QED) is 0.915. The van der Waals surface area contributed by atoms with E-state index in [9.17, 15) is 0 Å². The lowest BCUT2D eigenvalue weighted by atomic mass is 9.99. The molecule has 22 heavy (non-hydrogen) atoms. The maximum atomic E-state index is 5.94. The summed E-state index contributed by atoms with van der Waals surface area (Å²) in [6, 6.07) is 6.28. The number of nitrogens with two attached hydrogens (primary N) is 1. The molecule has 1 fully saturated rings. The van der Waals surface area contributed by atoms with Crippen LogP contribution in [0.25, 0.3) is 10.7 Å². The molecule has 2 atom stereocenters. The number of likely N-dealkylation sites (tertiary alicyclic amines) is 1. The van der Waals surface area contributed by atoms with Gasteiger partial charge in [-0.05, 0) is 25.0 Å². The first-order valence-electron chi connectivity index (χ1n) is 7.63. The van der Waals surface area contributed by atoms with Gasteiger partial charge in [0.15, 0.2) is 0 Å².